The lowest BCUT2D eigenvalue weighted by atomic mass is 9.91. The zero-order valence-corrected chi connectivity index (χ0v) is 11.3. The maximum Gasteiger partial charge on any atom is 0.330 e. The third kappa shape index (κ3) is 2.94. The van der Waals surface area contributed by atoms with Crippen molar-refractivity contribution in [3.63, 3.8) is 0 Å². The molecule has 2 fully saturated rings. The van der Waals surface area contributed by atoms with Crippen molar-refractivity contribution in [2.75, 3.05) is 19.8 Å². The number of nitrogens with zero attached hydrogens (tertiary/aromatic N) is 1. The summed E-state index contributed by atoms with van der Waals surface area (Å²) >= 11 is 0. The monoisotopic (exact) mass is 268 g/mol. The first-order valence-corrected chi connectivity index (χ1v) is 6.74. The van der Waals surface area contributed by atoms with Crippen LogP contribution in [0.15, 0.2) is 0 Å². The van der Waals surface area contributed by atoms with E-state index < -0.39 is 17.9 Å². The number of amides is 4. The van der Waals surface area contributed by atoms with Crippen LogP contribution in [0.1, 0.15) is 26.7 Å². The van der Waals surface area contributed by atoms with Crippen LogP contribution in [0.4, 0.5) is 4.79 Å². The Kier molecular flexibility index (Phi) is 4.19. The lowest BCUT2D eigenvalue weighted by Gasteiger charge is -2.34. The summed E-state index contributed by atoms with van der Waals surface area (Å²) in [5, 5.41) is 2.28. The summed E-state index contributed by atoms with van der Waals surface area (Å²) in [7, 11) is 0. The molecule has 1 atom stereocenters. The fraction of sp³-hybridized carbons (Fsp3) is 0.769. The maximum atomic E-state index is 12.3. The molecule has 2 heterocycles. The van der Waals surface area contributed by atoms with Gasteiger partial charge in [-0.25, -0.2) is 4.79 Å². The molecular formula is C13H20N2O4. The van der Waals surface area contributed by atoms with E-state index >= 15 is 0 Å². The summed E-state index contributed by atoms with van der Waals surface area (Å²) in [5.74, 6) is -1.44. The highest BCUT2D eigenvalue weighted by Gasteiger charge is 2.42. The topological polar surface area (TPSA) is 75.7 Å². The molecule has 6 nitrogen and oxygen atoms in total. The number of rotatable bonds is 3. The van der Waals surface area contributed by atoms with Crippen LogP contribution < -0.4 is 5.32 Å². The van der Waals surface area contributed by atoms with Crippen molar-refractivity contribution in [3.8, 4) is 0 Å². The third-order valence-corrected chi connectivity index (χ3v) is 3.74. The highest BCUT2D eigenvalue weighted by atomic mass is 16.5. The predicted octanol–water partition coefficient (Wildman–Crippen LogP) is 0.764. The highest BCUT2D eigenvalue weighted by Crippen LogP contribution is 2.22. The molecule has 0 radical (unpaired) electrons. The van der Waals surface area contributed by atoms with Crippen molar-refractivity contribution in [2.24, 2.45) is 17.8 Å². The van der Waals surface area contributed by atoms with E-state index in [2.05, 4.69) is 5.32 Å². The minimum atomic E-state index is -0.752. The maximum absolute atomic E-state index is 12.3. The molecule has 2 aliphatic rings. The van der Waals surface area contributed by atoms with Crippen molar-refractivity contribution in [1.29, 1.82) is 0 Å². The van der Waals surface area contributed by atoms with E-state index in [-0.39, 0.29) is 17.7 Å². The minimum absolute atomic E-state index is 0.113. The van der Waals surface area contributed by atoms with E-state index in [0.29, 0.717) is 19.8 Å². The molecule has 0 spiro atoms. The number of hydrogen-bond donors (Lipinski definition) is 1. The summed E-state index contributed by atoms with van der Waals surface area (Å²) in [5.41, 5.74) is 0. The average molecular weight is 268 g/mol. The van der Waals surface area contributed by atoms with E-state index in [9.17, 15) is 14.4 Å². The van der Waals surface area contributed by atoms with Crippen LogP contribution in [0, 0.1) is 17.8 Å². The molecule has 1 N–H and O–H groups in total. The molecular weight excluding hydrogens is 248 g/mol. The fourth-order valence-electron chi connectivity index (χ4n) is 2.58. The molecule has 2 rings (SSSR count). The molecule has 0 aromatic carbocycles. The van der Waals surface area contributed by atoms with E-state index in [0.717, 1.165) is 12.8 Å². The number of hydrogen-bond acceptors (Lipinski definition) is 4. The highest BCUT2D eigenvalue weighted by molar-refractivity contribution is 6.16. The molecule has 2 saturated heterocycles. The molecule has 2 aliphatic heterocycles. The predicted molar refractivity (Wildman–Crippen MR) is 67.1 cm³/mol. The number of ether oxygens (including phenoxy) is 1. The number of nitrogens with one attached hydrogen (secondary N) is 1. The van der Waals surface area contributed by atoms with Gasteiger partial charge in [-0.1, -0.05) is 13.8 Å². The van der Waals surface area contributed by atoms with Crippen LogP contribution in [0.3, 0.4) is 0 Å². The Hall–Kier alpha value is -1.43. The quantitative estimate of drug-likeness (QED) is 0.767. The molecule has 0 bridgehead atoms. The minimum Gasteiger partial charge on any atom is -0.381 e. The van der Waals surface area contributed by atoms with Crippen LogP contribution >= 0.6 is 0 Å². The molecule has 0 aliphatic carbocycles. The second-order valence-corrected chi connectivity index (χ2v) is 5.52. The number of imide groups is 2. The molecule has 19 heavy (non-hydrogen) atoms. The summed E-state index contributed by atoms with van der Waals surface area (Å²) < 4.78 is 5.26. The average Bonchev–Trinajstić information content (AvgIpc) is 2.35. The lowest BCUT2D eigenvalue weighted by molar-refractivity contribution is -0.145. The van der Waals surface area contributed by atoms with Gasteiger partial charge in [0.05, 0.1) is 0 Å². The molecule has 106 valence electrons. The van der Waals surface area contributed by atoms with Crippen molar-refractivity contribution in [3.05, 3.63) is 0 Å². The van der Waals surface area contributed by atoms with Crippen molar-refractivity contribution in [2.45, 2.75) is 26.7 Å². The molecule has 4 amide bonds. The Bertz CT molecular complexity index is 388. The Morgan fingerprint density at radius 2 is 1.89 bits per heavy atom. The molecule has 1 unspecified atom stereocenters. The number of urea groups is 1. The van der Waals surface area contributed by atoms with Gasteiger partial charge in [-0.15, -0.1) is 0 Å². The van der Waals surface area contributed by atoms with Crippen LogP contribution in [0.25, 0.3) is 0 Å². The van der Waals surface area contributed by atoms with Crippen molar-refractivity contribution >= 4 is 17.8 Å². The number of barbiturate groups is 1. The van der Waals surface area contributed by atoms with Gasteiger partial charge in [0.15, 0.2) is 0 Å². The first-order valence-electron chi connectivity index (χ1n) is 6.74. The number of carbonyl (C=O) groups excluding carboxylic acids is 3. The van der Waals surface area contributed by atoms with Gasteiger partial charge in [-0.05, 0) is 24.7 Å². The van der Waals surface area contributed by atoms with Crippen molar-refractivity contribution in [1.82, 2.24) is 10.2 Å². The summed E-state index contributed by atoms with van der Waals surface area (Å²) in [4.78, 5) is 37.0. The van der Waals surface area contributed by atoms with Crippen LogP contribution in [0.2, 0.25) is 0 Å². The molecule has 6 heteroatoms. The summed E-state index contributed by atoms with van der Waals surface area (Å²) in [6.45, 7) is 5.33. The van der Waals surface area contributed by atoms with Gasteiger partial charge < -0.3 is 4.74 Å². The van der Waals surface area contributed by atoms with Crippen molar-refractivity contribution < 1.29 is 19.1 Å². The largest absolute Gasteiger partial charge is 0.381 e. The Morgan fingerprint density at radius 3 is 2.47 bits per heavy atom. The second kappa shape index (κ2) is 5.69. The Labute approximate surface area is 112 Å². The van der Waals surface area contributed by atoms with Crippen LogP contribution in [-0.4, -0.2) is 42.5 Å². The van der Waals surface area contributed by atoms with E-state index in [4.69, 9.17) is 4.74 Å². The van der Waals surface area contributed by atoms with Gasteiger partial charge in [0.25, 0.3) is 0 Å². The first kappa shape index (κ1) is 14.0. The number of carbonyl (C=O) groups is 3. The van der Waals surface area contributed by atoms with Crippen LogP contribution in [-0.2, 0) is 14.3 Å². The summed E-state index contributed by atoms with van der Waals surface area (Å²) in [6, 6.07) is -0.585. The van der Waals surface area contributed by atoms with Gasteiger partial charge >= 0.3 is 6.03 Å². The molecule has 0 aromatic heterocycles. The normalized spacial score (nSPS) is 25.9. The molecule has 0 saturated carbocycles. The van der Waals surface area contributed by atoms with E-state index in [1.807, 2.05) is 13.8 Å². The first-order chi connectivity index (χ1) is 9.00. The van der Waals surface area contributed by atoms with Crippen LogP contribution in [0.5, 0.6) is 0 Å². The SMILES string of the molecule is CC(C)C1C(=O)NC(=O)N(CC2CCOCC2)C1=O. The van der Waals surface area contributed by atoms with Gasteiger partial charge in [-0.3, -0.25) is 19.8 Å². The summed E-state index contributed by atoms with van der Waals surface area (Å²) in [6.07, 6.45) is 1.69. The van der Waals surface area contributed by atoms with Gasteiger partial charge in [0, 0.05) is 19.8 Å². The van der Waals surface area contributed by atoms with Gasteiger partial charge in [-0.2, -0.15) is 0 Å². The fourth-order valence-corrected chi connectivity index (χ4v) is 2.58. The zero-order valence-electron chi connectivity index (χ0n) is 11.3. The standard InChI is InChI=1S/C13H20N2O4/c1-8(2)10-11(16)14-13(18)15(12(10)17)7-9-3-5-19-6-4-9/h8-10H,3-7H2,1-2H3,(H,14,16,18). The smallest absolute Gasteiger partial charge is 0.330 e. The lowest BCUT2D eigenvalue weighted by Crippen LogP contribution is -2.60. The van der Waals surface area contributed by atoms with E-state index in [1.165, 1.54) is 4.90 Å². The Morgan fingerprint density at radius 1 is 1.26 bits per heavy atom. The van der Waals surface area contributed by atoms with Gasteiger partial charge in [0.2, 0.25) is 11.8 Å². The zero-order chi connectivity index (χ0) is 14.0. The van der Waals surface area contributed by atoms with Gasteiger partial charge in [0.1, 0.15) is 5.92 Å². The Balaban J connectivity index is 2.07. The third-order valence-electron chi connectivity index (χ3n) is 3.74. The molecule has 0 aromatic rings. The van der Waals surface area contributed by atoms with E-state index in [1.54, 1.807) is 0 Å². The second-order valence-electron chi connectivity index (χ2n) is 5.52.